The molecule has 2 aliphatic carbocycles. The minimum Gasteiger partial charge on any atom is -0.460 e. The van der Waals surface area contributed by atoms with Crippen LogP contribution in [0.25, 0.3) is 11.3 Å². The van der Waals surface area contributed by atoms with E-state index in [0.717, 1.165) is 37.1 Å². The molecule has 158 valence electrons. The maximum absolute atomic E-state index is 12.9. The number of allylic oxidation sites excluding steroid dienone is 4. The van der Waals surface area contributed by atoms with Crippen molar-refractivity contribution in [2.45, 2.75) is 44.4 Å². The van der Waals surface area contributed by atoms with Gasteiger partial charge in [-0.25, -0.2) is 0 Å². The van der Waals surface area contributed by atoms with Gasteiger partial charge in [0.05, 0.1) is 10.8 Å². The van der Waals surface area contributed by atoms with Crippen molar-refractivity contribution in [3.8, 4) is 11.3 Å². The number of benzene rings is 1. The molecular formula is C23H19ClN2O5. The number of hydrogen-bond acceptors (Lipinski definition) is 6. The number of carbonyl (C=O) groups excluding carboxylic acids is 2. The van der Waals surface area contributed by atoms with Crippen LogP contribution >= 0.6 is 11.6 Å². The number of nitro benzene ring substituents is 1. The molecule has 1 N–H and O–H groups in total. The number of halogens is 1. The highest BCUT2D eigenvalue weighted by Crippen LogP contribution is 2.46. The predicted octanol–water partition coefficient (Wildman–Crippen LogP) is 5.21. The quantitative estimate of drug-likeness (QED) is 0.521. The van der Waals surface area contributed by atoms with Crippen LogP contribution in [0.5, 0.6) is 0 Å². The molecule has 7 nitrogen and oxygen atoms in total. The Morgan fingerprint density at radius 2 is 1.61 bits per heavy atom. The van der Waals surface area contributed by atoms with Gasteiger partial charge in [0.15, 0.2) is 11.6 Å². The molecule has 31 heavy (non-hydrogen) atoms. The van der Waals surface area contributed by atoms with Crippen molar-refractivity contribution in [1.29, 1.82) is 0 Å². The highest BCUT2D eigenvalue weighted by molar-refractivity contribution is 6.32. The van der Waals surface area contributed by atoms with Crippen molar-refractivity contribution in [1.82, 2.24) is 5.32 Å². The zero-order valence-electron chi connectivity index (χ0n) is 16.6. The van der Waals surface area contributed by atoms with Gasteiger partial charge in [-0.15, -0.1) is 0 Å². The summed E-state index contributed by atoms with van der Waals surface area (Å²) < 4.78 is 6.11. The van der Waals surface area contributed by atoms with Gasteiger partial charge < -0.3 is 9.73 Å². The minimum absolute atomic E-state index is 0.0313. The highest BCUT2D eigenvalue weighted by Gasteiger charge is 2.41. The lowest BCUT2D eigenvalue weighted by Crippen LogP contribution is -2.36. The number of dihydropyridines is 1. The van der Waals surface area contributed by atoms with Gasteiger partial charge in [-0.1, -0.05) is 11.6 Å². The van der Waals surface area contributed by atoms with E-state index in [-0.39, 0.29) is 22.3 Å². The first-order chi connectivity index (χ1) is 14.9. The molecule has 0 bridgehead atoms. The Bertz CT molecular complexity index is 1160. The molecule has 1 aromatic carbocycles. The van der Waals surface area contributed by atoms with Gasteiger partial charge >= 0.3 is 0 Å². The molecule has 3 aliphatic rings. The summed E-state index contributed by atoms with van der Waals surface area (Å²) in [5.41, 5.74) is 3.29. The van der Waals surface area contributed by atoms with Crippen molar-refractivity contribution in [2.24, 2.45) is 0 Å². The second kappa shape index (κ2) is 7.50. The molecule has 0 fully saturated rings. The van der Waals surface area contributed by atoms with Crippen LogP contribution in [0.15, 0.2) is 57.3 Å². The van der Waals surface area contributed by atoms with Crippen molar-refractivity contribution in [3.63, 3.8) is 0 Å². The van der Waals surface area contributed by atoms with Gasteiger partial charge in [-0.2, -0.15) is 0 Å². The Balaban J connectivity index is 1.61. The molecule has 0 saturated heterocycles. The van der Waals surface area contributed by atoms with E-state index in [1.807, 2.05) is 0 Å². The minimum atomic E-state index is -0.544. The maximum Gasteiger partial charge on any atom is 0.288 e. The first kappa shape index (κ1) is 19.8. The molecule has 2 aromatic rings. The summed E-state index contributed by atoms with van der Waals surface area (Å²) in [6, 6.07) is 7.93. The maximum atomic E-state index is 12.9. The molecule has 1 aliphatic heterocycles. The average Bonchev–Trinajstić information content (AvgIpc) is 3.23. The lowest BCUT2D eigenvalue weighted by atomic mass is 9.73. The van der Waals surface area contributed by atoms with E-state index < -0.39 is 10.8 Å². The van der Waals surface area contributed by atoms with Gasteiger partial charge in [-0.3, -0.25) is 19.7 Å². The second-order valence-electron chi connectivity index (χ2n) is 8.02. The fourth-order valence-corrected chi connectivity index (χ4v) is 4.92. The predicted molar refractivity (Wildman–Crippen MR) is 113 cm³/mol. The SMILES string of the molecule is O=C1CCCC2=C1C(c1ccc(-c3ccc(Cl)c([N+](=O)[O-])c3)o1)C1=C(CCCC1=O)N2. The Hall–Kier alpha value is -3.19. The fraction of sp³-hybridized carbons (Fsp3) is 0.304. The number of nitrogens with zero attached hydrogens (tertiary/aromatic N) is 1. The number of nitrogens with one attached hydrogen (secondary N) is 1. The van der Waals surface area contributed by atoms with E-state index in [4.69, 9.17) is 16.0 Å². The number of nitro groups is 1. The van der Waals surface area contributed by atoms with Crippen molar-refractivity contribution >= 4 is 28.9 Å². The summed E-state index contributed by atoms with van der Waals surface area (Å²) in [6.45, 7) is 0. The number of Topliss-reactive ketones (excluding diaryl/α,β-unsaturated/α-hetero) is 2. The summed E-state index contributed by atoms with van der Waals surface area (Å²) in [7, 11) is 0. The van der Waals surface area contributed by atoms with Crippen LogP contribution in [0.3, 0.4) is 0 Å². The van der Waals surface area contributed by atoms with E-state index >= 15 is 0 Å². The summed E-state index contributed by atoms with van der Waals surface area (Å²) >= 11 is 5.92. The number of rotatable bonds is 3. The van der Waals surface area contributed by atoms with E-state index in [0.29, 0.717) is 41.1 Å². The van der Waals surface area contributed by atoms with Crippen LogP contribution in [0.1, 0.15) is 50.2 Å². The molecule has 0 radical (unpaired) electrons. The Labute approximate surface area is 182 Å². The monoisotopic (exact) mass is 438 g/mol. The third kappa shape index (κ3) is 3.29. The van der Waals surface area contributed by atoms with Gasteiger partial charge in [-0.05, 0) is 49.9 Å². The van der Waals surface area contributed by atoms with E-state index in [2.05, 4.69) is 5.32 Å². The third-order valence-corrected chi connectivity index (χ3v) is 6.45. The zero-order valence-corrected chi connectivity index (χ0v) is 17.3. The highest BCUT2D eigenvalue weighted by atomic mass is 35.5. The van der Waals surface area contributed by atoms with Crippen molar-refractivity contribution in [3.05, 3.63) is 73.8 Å². The molecule has 0 spiro atoms. The Kier molecular flexibility index (Phi) is 4.78. The zero-order chi connectivity index (χ0) is 21.7. The average molecular weight is 439 g/mol. The lowest BCUT2D eigenvalue weighted by molar-refractivity contribution is -0.384. The van der Waals surface area contributed by atoms with E-state index in [9.17, 15) is 19.7 Å². The Morgan fingerprint density at radius 1 is 0.968 bits per heavy atom. The summed E-state index contributed by atoms with van der Waals surface area (Å²) in [6.07, 6.45) is 3.99. The summed E-state index contributed by atoms with van der Waals surface area (Å²) in [5.74, 6) is 0.444. The Morgan fingerprint density at radius 3 is 2.23 bits per heavy atom. The molecule has 2 heterocycles. The number of furan rings is 1. The van der Waals surface area contributed by atoms with E-state index in [1.165, 1.54) is 12.1 Å². The topological polar surface area (TPSA) is 102 Å². The molecule has 0 saturated carbocycles. The van der Waals surface area contributed by atoms with Gasteiger partial charge in [0.2, 0.25) is 0 Å². The standard InChI is InChI=1S/C23H19ClN2O5/c24-13-8-7-12(11-16(13)26(29)30)19-9-10-20(31-19)23-21-14(3-1-5-17(21)27)25-15-4-2-6-18(28)22(15)23/h7-11,23,25H,1-6H2. The molecule has 1 aromatic heterocycles. The normalized spacial score (nSPS) is 19.3. The fourth-order valence-electron chi connectivity index (χ4n) is 4.74. The van der Waals surface area contributed by atoms with Crippen LogP contribution in [-0.2, 0) is 9.59 Å². The summed E-state index contributed by atoms with van der Waals surface area (Å²) in [5, 5.41) is 14.7. The van der Waals surface area contributed by atoms with Crippen LogP contribution in [0.4, 0.5) is 5.69 Å². The first-order valence-electron chi connectivity index (χ1n) is 10.3. The van der Waals surface area contributed by atoms with Crippen molar-refractivity contribution < 1.29 is 18.9 Å². The van der Waals surface area contributed by atoms with Crippen LogP contribution in [-0.4, -0.2) is 16.5 Å². The van der Waals surface area contributed by atoms with Crippen LogP contribution in [0, 0.1) is 10.1 Å². The summed E-state index contributed by atoms with van der Waals surface area (Å²) in [4.78, 5) is 36.4. The second-order valence-corrected chi connectivity index (χ2v) is 8.43. The number of carbonyl (C=O) groups is 2. The largest absolute Gasteiger partial charge is 0.460 e. The van der Waals surface area contributed by atoms with Gasteiger partial charge in [0.1, 0.15) is 16.5 Å². The molecule has 8 heteroatoms. The molecular weight excluding hydrogens is 420 g/mol. The van der Waals surface area contributed by atoms with Crippen LogP contribution < -0.4 is 5.32 Å². The number of ketones is 2. The van der Waals surface area contributed by atoms with E-state index in [1.54, 1.807) is 18.2 Å². The smallest absolute Gasteiger partial charge is 0.288 e. The van der Waals surface area contributed by atoms with Gasteiger partial charge in [0.25, 0.3) is 5.69 Å². The molecule has 0 amide bonds. The van der Waals surface area contributed by atoms with Crippen LogP contribution in [0.2, 0.25) is 5.02 Å². The van der Waals surface area contributed by atoms with Crippen molar-refractivity contribution in [2.75, 3.05) is 0 Å². The third-order valence-electron chi connectivity index (χ3n) is 6.13. The lowest BCUT2D eigenvalue weighted by Gasteiger charge is -2.36. The molecule has 5 rings (SSSR count). The molecule has 0 unspecified atom stereocenters. The van der Waals surface area contributed by atoms with Gasteiger partial charge in [0, 0.05) is 47.0 Å². The molecule has 0 atom stereocenters. The first-order valence-corrected chi connectivity index (χ1v) is 10.7. The number of hydrogen-bond donors (Lipinski definition) is 1.